The number of aryl methyl sites for hydroxylation is 1. The highest BCUT2D eigenvalue weighted by molar-refractivity contribution is 7.89. The van der Waals surface area contributed by atoms with Crippen LogP contribution < -0.4 is 5.73 Å². The molecule has 0 saturated carbocycles. The van der Waals surface area contributed by atoms with Crippen LogP contribution in [0.2, 0.25) is 0 Å². The van der Waals surface area contributed by atoms with Gasteiger partial charge in [0, 0.05) is 19.1 Å². The Morgan fingerprint density at radius 2 is 1.95 bits per heavy atom. The van der Waals surface area contributed by atoms with E-state index in [1.165, 1.54) is 5.56 Å². The van der Waals surface area contributed by atoms with Crippen molar-refractivity contribution in [3.8, 4) is 0 Å². The summed E-state index contributed by atoms with van der Waals surface area (Å²) in [5, 5.41) is 0. The van der Waals surface area contributed by atoms with Gasteiger partial charge in [0.15, 0.2) is 0 Å². The summed E-state index contributed by atoms with van der Waals surface area (Å²) in [4.78, 5) is 0.389. The second-order valence-electron chi connectivity index (χ2n) is 5.69. The molecule has 0 bridgehead atoms. The number of nitrogens with two attached hydrogens (primary N) is 1. The van der Waals surface area contributed by atoms with Crippen LogP contribution in [0.4, 0.5) is 0 Å². The Balaban J connectivity index is 2.17. The molecule has 0 spiro atoms. The van der Waals surface area contributed by atoms with Gasteiger partial charge in [0.05, 0.1) is 4.90 Å². The van der Waals surface area contributed by atoms with Crippen molar-refractivity contribution in [3.05, 3.63) is 29.8 Å². The van der Waals surface area contributed by atoms with Gasteiger partial charge < -0.3 is 5.73 Å². The fourth-order valence-corrected chi connectivity index (χ4v) is 4.16. The lowest BCUT2D eigenvalue weighted by Gasteiger charge is -2.34. The van der Waals surface area contributed by atoms with Crippen LogP contribution in [0.25, 0.3) is 0 Å². The van der Waals surface area contributed by atoms with Crippen molar-refractivity contribution in [3.63, 3.8) is 0 Å². The average Bonchev–Trinajstić information content (AvgIpc) is 2.43. The van der Waals surface area contributed by atoms with E-state index in [4.69, 9.17) is 5.73 Å². The van der Waals surface area contributed by atoms with E-state index in [1.807, 2.05) is 19.1 Å². The van der Waals surface area contributed by atoms with Crippen LogP contribution in [-0.2, 0) is 16.4 Å². The summed E-state index contributed by atoms with van der Waals surface area (Å²) in [5.74, 6) is 0.206. The summed E-state index contributed by atoms with van der Waals surface area (Å²) in [6, 6.07) is 7.37. The minimum Gasteiger partial charge on any atom is -0.327 e. The van der Waals surface area contributed by atoms with Crippen molar-refractivity contribution in [1.82, 2.24) is 4.31 Å². The molecule has 1 aromatic carbocycles. The Kier molecular flexibility index (Phi) is 4.83. The minimum absolute atomic E-state index is 0.105. The van der Waals surface area contributed by atoms with Crippen molar-refractivity contribution in [1.29, 1.82) is 0 Å². The van der Waals surface area contributed by atoms with Crippen LogP contribution in [0.5, 0.6) is 0 Å². The first-order valence-corrected chi connectivity index (χ1v) is 8.74. The molecule has 112 valence electrons. The van der Waals surface area contributed by atoms with Gasteiger partial charge >= 0.3 is 0 Å². The molecule has 1 saturated heterocycles. The lowest BCUT2D eigenvalue weighted by atomic mass is 9.96. The van der Waals surface area contributed by atoms with E-state index in [9.17, 15) is 8.42 Å². The molecule has 0 radical (unpaired) electrons. The smallest absolute Gasteiger partial charge is 0.243 e. The molecule has 0 amide bonds. The summed E-state index contributed by atoms with van der Waals surface area (Å²) < 4.78 is 26.8. The van der Waals surface area contributed by atoms with Gasteiger partial charge in [-0.15, -0.1) is 0 Å². The Bertz CT molecular complexity index is 539. The maximum Gasteiger partial charge on any atom is 0.243 e. The van der Waals surface area contributed by atoms with E-state index in [-0.39, 0.29) is 12.0 Å². The molecule has 1 aromatic rings. The Morgan fingerprint density at radius 3 is 2.50 bits per heavy atom. The molecule has 2 atom stereocenters. The van der Waals surface area contributed by atoms with Crippen LogP contribution in [0.1, 0.15) is 32.3 Å². The van der Waals surface area contributed by atoms with Gasteiger partial charge in [0.2, 0.25) is 10.0 Å². The molecule has 4 nitrogen and oxygen atoms in total. The van der Waals surface area contributed by atoms with Gasteiger partial charge in [-0.3, -0.25) is 0 Å². The minimum atomic E-state index is -3.37. The largest absolute Gasteiger partial charge is 0.327 e. The highest BCUT2D eigenvalue weighted by Gasteiger charge is 2.31. The lowest BCUT2D eigenvalue weighted by Crippen LogP contribution is -2.48. The van der Waals surface area contributed by atoms with Gasteiger partial charge in [-0.25, -0.2) is 8.42 Å². The van der Waals surface area contributed by atoms with Crippen LogP contribution in [0.15, 0.2) is 29.2 Å². The van der Waals surface area contributed by atoms with Crippen molar-refractivity contribution < 1.29 is 8.42 Å². The molecular formula is C15H24N2O2S. The van der Waals surface area contributed by atoms with Crippen LogP contribution in [-0.4, -0.2) is 31.9 Å². The number of piperidine rings is 1. The Labute approximate surface area is 122 Å². The zero-order valence-corrected chi connectivity index (χ0v) is 13.1. The fourth-order valence-electron chi connectivity index (χ4n) is 2.61. The van der Waals surface area contributed by atoms with Crippen LogP contribution in [0, 0.1) is 5.92 Å². The zero-order chi connectivity index (χ0) is 14.8. The number of hydrogen-bond donors (Lipinski definition) is 1. The van der Waals surface area contributed by atoms with Crippen molar-refractivity contribution in [2.75, 3.05) is 13.1 Å². The van der Waals surface area contributed by atoms with Gasteiger partial charge in [0.1, 0.15) is 0 Å². The van der Waals surface area contributed by atoms with Gasteiger partial charge in [-0.2, -0.15) is 4.31 Å². The Hall–Kier alpha value is -0.910. The topological polar surface area (TPSA) is 63.4 Å². The molecule has 1 aliphatic heterocycles. The number of hydrogen-bond acceptors (Lipinski definition) is 3. The number of benzene rings is 1. The summed E-state index contributed by atoms with van der Waals surface area (Å²) in [7, 11) is -3.37. The van der Waals surface area contributed by atoms with Crippen molar-refractivity contribution >= 4 is 10.0 Å². The van der Waals surface area contributed by atoms with E-state index in [0.717, 1.165) is 19.3 Å². The Morgan fingerprint density at radius 1 is 1.30 bits per heavy atom. The van der Waals surface area contributed by atoms with E-state index < -0.39 is 10.0 Å². The highest BCUT2D eigenvalue weighted by atomic mass is 32.2. The third-order valence-corrected chi connectivity index (χ3v) is 5.91. The normalized spacial score (nSPS) is 24.8. The third kappa shape index (κ3) is 3.22. The molecule has 0 aromatic heterocycles. The molecule has 2 N–H and O–H groups in total. The first kappa shape index (κ1) is 15.5. The van der Waals surface area contributed by atoms with E-state index in [0.29, 0.717) is 18.0 Å². The van der Waals surface area contributed by atoms with Gasteiger partial charge in [0.25, 0.3) is 0 Å². The summed E-state index contributed by atoms with van der Waals surface area (Å²) >= 11 is 0. The predicted molar refractivity (Wildman–Crippen MR) is 81.0 cm³/mol. The van der Waals surface area contributed by atoms with E-state index in [2.05, 4.69) is 6.92 Å². The molecule has 2 unspecified atom stereocenters. The highest BCUT2D eigenvalue weighted by Crippen LogP contribution is 2.23. The van der Waals surface area contributed by atoms with Gasteiger partial charge in [-0.05, 0) is 36.5 Å². The van der Waals surface area contributed by atoms with Crippen LogP contribution >= 0.6 is 0 Å². The first-order chi connectivity index (χ1) is 9.45. The average molecular weight is 296 g/mol. The SMILES string of the molecule is CCCc1ccc(S(=O)(=O)N2CCC(N)C(C)C2)cc1. The second-order valence-corrected chi connectivity index (χ2v) is 7.62. The van der Waals surface area contributed by atoms with Crippen molar-refractivity contribution in [2.24, 2.45) is 11.7 Å². The molecule has 1 fully saturated rings. The molecule has 1 heterocycles. The standard InChI is InChI=1S/C15H24N2O2S/c1-3-4-13-5-7-14(8-6-13)20(18,19)17-10-9-15(16)12(2)11-17/h5-8,12,15H,3-4,9-11,16H2,1-2H3. The summed E-state index contributed by atoms with van der Waals surface area (Å²) in [5.41, 5.74) is 7.14. The number of sulfonamides is 1. The summed E-state index contributed by atoms with van der Waals surface area (Å²) in [6.45, 7) is 5.16. The predicted octanol–water partition coefficient (Wildman–Crippen LogP) is 2.00. The maximum atomic E-state index is 12.6. The zero-order valence-electron chi connectivity index (χ0n) is 12.2. The summed E-state index contributed by atoms with van der Waals surface area (Å²) in [6.07, 6.45) is 2.78. The number of rotatable bonds is 4. The molecule has 1 aliphatic rings. The molecule has 2 rings (SSSR count). The molecule has 5 heteroatoms. The lowest BCUT2D eigenvalue weighted by molar-refractivity contribution is 0.250. The second kappa shape index (κ2) is 6.24. The van der Waals surface area contributed by atoms with Crippen molar-refractivity contribution in [2.45, 2.75) is 44.0 Å². The number of nitrogens with zero attached hydrogens (tertiary/aromatic N) is 1. The van der Waals surface area contributed by atoms with E-state index in [1.54, 1.807) is 16.4 Å². The van der Waals surface area contributed by atoms with E-state index >= 15 is 0 Å². The quantitative estimate of drug-likeness (QED) is 0.924. The van der Waals surface area contributed by atoms with Gasteiger partial charge in [-0.1, -0.05) is 32.4 Å². The molecule has 0 aliphatic carbocycles. The first-order valence-electron chi connectivity index (χ1n) is 7.30. The maximum absolute atomic E-state index is 12.6. The third-order valence-electron chi connectivity index (χ3n) is 4.03. The van der Waals surface area contributed by atoms with Crippen LogP contribution in [0.3, 0.4) is 0 Å². The fraction of sp³-hybridized carbons (Fsp3) is 0.600. The molecular weight excluding hydrogens is 272 g/mol. The molecule has 20 heavy (non-hydrogen) atoms. The monoisotopic (exact) mass is 296 g/mol.